The highest BCUT2D eigenvalue weighted by Crippen LogP contribution is 2.46. The van der Waals surface area contributed by atoms with Gasteiger partial charge in [0, 0.05) is 49.7 Å². The smallest absolute Gasteiger partial charge is 0.251 e. The van der Waals surface area contributed by atoms with E-state index in [1.165, 1.54) is 0 Å². The van der Waals surface area contributed by atoms with Crippen LogP contribution in [0.25, 0.3) is 22.2 Å². The lowest BCUT2D eigenvalue weighted by atomic mass is 9.86. The summed E-state index contributed by atoms with van der Waals surface area (Å²) in [6.07, 6.45) is 4.45. The molecule has 2 aromatic heterocycles. The van der Waals surface area contributed by atoms with Gasteiger partial charge in [-0.2, -0.15) is 5.10 Å². The molecule has 218 valence electrons. The topological polar surface area (TPSA) is 97.2 Å². The molecule has 2 heterocycles. The summed E-state index contributed by atoms with van der Waals surface area (Å²) in [6.45, 7) is 6.17. The molecule has 0 bridgehead atoms. The van der Waals surface area contributed by atoms with E-state index in [4.69, 9.17) is 9.72 Å². The van der Waals surface area contributed by atoms with Gasteiger partial charge < -0.3 is 15.2 Å². The predicted molar refractivity (Wildman–Crippen MR) is 178 cm³/mol. The van der Waals surface area contributed by atoms with Gasteiger partial charge in [-0.1, -0.05) is 24.3 Å². The normalized spacial score (nSPS) is 16.0. The fourth-order valence-electron chi connectivity index (χ4n) is 5.88. The number of nitrogens with zero attached hydrogens (tertiary/aromatic N) is 3. The number of carbonyl (C=O) groups is 1. The Morgan fingerprint density at radius 1 is 1.14 bits per heavy atom. The van der Waals surface area contributed by atoms with Gasteiger partial charge in [0.05, 0.1) is 24.1 Å². The van der Waals surface area contributed by atoms with Crippen LogP contribution in [0.2, 0.25) is 0 Å². The maximum atomic E-state index is 13.6. The third-order valence-electron chi connectivity index (χ3n) is 8.39. The third kappa shape index (κ3) is 5.90. The van der Waals surface area contributed by atoms with Crippen molar-refractivity contribution in [2.24, 2.45) is 5.92 Å². The number of rotatable bonds is 9. The molecule has 2 saturated carbocycles. The molecule has 4 aromatic rings. The number of benzene rings is 2. The number of halogens is 1. The van der Waals surface area contributed by atoms with E-state index >= 15 is 0 Å². The van der Waals surface area contributed by atoms with Crippen molar-refractivity contribution in [1.29, 1.82) is 0 Å². The molecule has 2 unspecified atom stereocenters. The first-order valence-electron chi connectivity index (χ1n) is 14.5. The van der Waals surface area contributed by atoms with Gasteiger partial charge in [0.2, 0.25) is 0 Å². The zero-order valence-electron chi connectivity index (χ0n) is 24.4. The zero-order valence-corrected chi connectivity index (χ0v) is 27.7. The number of methoxy groups -OCH3 is 1. The molecule has 2 aliphatic rings. The van der Waals surface area contributed by atoms with Crippen molar-refractivity contribution in [2.75, 3.05) is 13.7 Å². The van der Waals surface area contributed by atoms with Gasteiger partial charge in [-0.05, 0) is 104 Å². The molecular formula is C33H36IN4O3P. The Balaban J connectivity index is 1.34. The number of amides is 1. The molecule has 2 aliphatic carbocycles. The molecule has 2 atom stereocenters. The van der Waals surface area contributed by atoms with Crippen molar-refractivity contribution in [3.05, 3.63) is 74.1 Å². The number of ether oxygens (including phenoxy) is 1. The number of hydrogen-bond donors (Lipinski definition) is 2. The van der Waals surface area contributed by atoms with Gasteiger partial charge in [0.25, 0.3) is 5.91 Å². The Labute approximate surface area is 262 Å². The van der Waals surface area contributed by atoms with Crippen molar-refractivity contribution in [3.8, 4) is 17.0 Å². The monoisotopic (exact) mass is 694 g/mol. The molecule has 2 fully saturated rings. The Morgan fingerprint density at radius 3 is 2.48 bits per heavy atom. The van der Waals surface area contributed by atoms with Crippen LogP contribution in [-0.4, -0.2) is 39.8 Å². The van der Waals surface area contributed by atoms with E-state index in [0.29, 0.717) is 35.2 Å². The van der Waals surface area contributed by atoms with Gasteiger partial charge in [-0.3, -0.25) is 9.78 Å². The lowest BCUT2D eigenvalue weighted by Gasteiger charge is -2.28. The summed E-state index contributed by atoms with van der Waals surface area (Å²) in [5, 5.41) is 25.2. The number of carbonyl (C=O) groups excluding carboxylic acids is 1. The first kappa shape index (κ1) is 29.4. The minimum absolute atomic E-state index is 0.0292. The number of fused-ring (bicyclic) bond motifs is 1. The van der Waals surface area contributed by atoms with Crippen molar-refractivity contribution in [1.82, 2.24) is 20.5 Å². The maximum Gasteiger partial charge on any atom is 0.251 e. The summed E-state index contributed by atoms with van der Waals surface area (Å²) in [4.78, 5) is 18.8. The molecule has 0 aliphatic heterocycles. The fourth-order valence-corrected chi connectivity index (χ4v) is 7.57. The van der Waals surface area contributed by atoms with Crippen LogP contribution < -0.4 is 15.4 Å². The molecule has 7 nitrogen and oxygen atoms in total. The maximum absolute atomic E-state index is 13.6. The molecule has 2 aromatic carbocycles. The number of hydrogen-bond acceptors (Lipinski definition) is 6. The lowest BCUT2D eigenvalue weighted by molar-refractivity contribution is 0.0767. The van der Waals surface area contributed by atoms with Crippen LogP contribution in [0.3, 0.4) is 0 Å². The van der Waals surface area contributed by atoms with Crippen LogP contribution in [0.1, 0.15) is 84.2 Å². The summed E-state index contributed by atoms with van der Waals surface area (Å²) in [5.41, 5.74) is 5.82. The van der Waals surface area contributed by atoms with Crippen molar-refractivity contribution < 1.29 is 14.6 Å². The summed E-state index contributed by atoms with van der Waals surface area (Å²) in [5.74, 6) is 1.30. The zero-order chi connectivity index (χ0) is 29.8. The Bertz CT molecular complexity index is 1680. The minimum Gasteiger partial charge on any atom is -0.494 e. The van der Waals surface area contributed by atoms with E-state index in [1.54, 1.807) is 13.2 Å². The standard InChI is InChI=1S/C33H36IN4O3P/c1-17-27(33(2,3)40)28(34)31(20-9-11-23(42)12-10-20)36-29(17)24(18-5-6-18)16-35-32(39)22-13-21-14-25(19-7-8-19)37-38-30(21)26(15-22)41-4/h9-15,18-19,24,40H,5-8,16,42H2,1-4H3,(H,35,39). The van der Waals surface area contributed by atoms with Gasteiger partial charge >= 0.3 is 0 Å². The Kier molecular flexibility index (Phi) is 8.00. The van der Waals surface area contributed by atoms with E-state index < -0.39 is 5.60 Å². The molecule has 0 spiro atoms. The molecular weight excluding hydrogens is 658 g/mol. The summed E-state index contributed by atoms with van der Waals surface area (Å²) in [7, 11) is 4.31. The van der Waals surface area contributed by atoms with Gasteiger partial charge in [-0.25, -0.2) is 0 Å². The number of pyridine rings is 1. The summed E-state index contributed by atoms with van der Waals surface area (Å²) >= 11 is 2.32. The predicted octanol–water partition coefficient (Wildman–Crippen LogP) is 6.14. The Morgan fingerprint density at radius 2 is 1.86 bits per heavy atom. The van der Waals surface area contributed by atoms with E-state index in [1.807, 2.05) is 26.0 Å². The van der Waals surface area contributed by atoms with E-state index in [0.717, 1.165) is 73.7 Å². The number of aromatic nitrogens is 3. The SMILES string of the molecule is COc1cc(C(=O)NCC(c2nc(-c3ccc(P)cc3)c(I)c(C(C)(C)O)c2C)C2CC2)cc2cc(C3CC3)nnc12. The second-order valence-electron chi connectivity index (χ2n) is 12.2. The van der Waals surface area contributed by atoms with Gasteiger partial charge in [0.1, 0.15) is 11.3 Å². The summed E-state index contributed by atoms with van der Waals surface area (Å²) < 4.78 is 6.55. The van der Waals surface area contributed by atoms with E-state index in [2.05, 4.69) is 78.5 Å². The number of nitrogens with one attached hydrogen (secondary N) is 1. The quantitative estimate of drug-likeness (QED) is 0.162. The lowest BCUT2D eigenvalue weighted by Crippen LogP contribution is -2.31. The average molecular weight is 695 g/mol. The van der Waals surface area contributed by atoms with Crippen LogP contribution in [0.4, 0.5) is 0 Å². The molecule has 9 heteroatoms. The highest BCUT2D eigenvalue weighted by atomic mass is 127. The summed E-state index contributed by atoms with van der Waals surface area (Å²) in [6, 6.07) is 13.9. The average Bonchev–Trinajstić information content (AvgIpc) is 3.87. The van der Waals surface area contributed by atoms with E-state index in [9.17, 15) is 9.90 Å². The molecule has 2 N–H and O–H groups in total. The molecule has 6 rings (SSSR count). The van der Waals surface area contributed by atoms with Crippen LogP contribution in [0, 0.1) is 16.4 Å². The van der Waals surface area contributed by atoms with Crippen molar-refractivity contribution in [3.63, 3.8) is 0 Å². The van der Waals surface area contributed by atoms with E-state index in [-0.39, 0.29) is 11.8 Å². The molecule has 1 amide bonds. The first-order chi connectivity index (χ1) is 20.0. The van der Waals surface area contributed by atoms with Crippen LogP contribution in [0.15, 0.2) is 42.5 Å². The van der Waals surface area contributed by atoms with Crippen molar-refractivity contribution in [2.45, 2.75) is 63.9 Å². The second kappa shape index (κ2) is 11.4. The molecule has 0 radical (unpaired) electrons. The molecule has 0 saturated heterocycles. The fraction of sp³-hybridized carbons (Fsp3) is 0.394. The highest BCUT2D eigenvalue weighted by Gasteiger charge is 2.37. The first-order valence-corrected chi connectivity index (χ1v) is 16.1. The molecule has 42 heavy (non-hydrogen) atoms. The van der Waals surface area contributed by atoms with Crippen LogP contribution in [0.5, 0.6) is 5.75 Å². The van der Waals surface area contributed by atoms with Gasteiger partial charge in [-0.15, -0.1) is 14.3 Å². The second-order valence-corrected chi connectivity index (χ2v) is 13.9. The van der Waals surface area contributed by atoms with Crippen LogP contribution in [-0.2, 0) is 5.60 Å². The van der Waals surface area contributed by atoms with Gasteiger partial charge in [0.15, 0.2) is 0 Å². The Hall–Kier alpha value is -2.68. The highest BCUT2D eigenvalue weighted by molar-refractivity contribution is 14.1. The number of aliphatic hydroxyl groups is 1. The largest absolute Gasteiger partial charge is 0.494 e. The van der Waals surface area contributed by atoms with Crippen molar-refractivity contribution >= 4 is 53.9 Å². The minimum atomic E-state index is -1.05. The van der Waals surface area contributed by atoms with Crippen LogP contribution >= 0.6 is 31.8 Å². The third-order valence-corrected chi connectivity index (χ3v) is 9.83.